The molecule has 0 spiro atoms. The van der Waals surface area contributed by atoms with E-state index in [9.17, 15) is 9.59 Å². The van der Waals surface area contributed by atoms with E-state index in [1.54, 1.807) is 0 Å². The first-order valence-corrected chi connectivity index (χ1v) is 7.63. The molecule has 116 valence electrons. The minimum Gasteiger partial charge on any atom is -0.481 e. The van der Waals surface area contributed by atoms with Gasteiger partial charge in [0.05, 0.1) is 13.0 Å². The van der Waals surface area contributed by atoms with E-state index in [1.165, 1.54) is 0 Å². The molecule has 5 heteroatoms. The van der Waals surface area contributed by atoms with Gasteiger partial charge in [0, 0.05) is 18.6 Å². The van der Waals surface area contributed by atoms with Crippen LogP contribution in [0.5, 0.6) is 0 Å². The van der Waals surface area contributed by atoms with Gasteiger partial charge in [-0.1, -0.05) is 13.8 Å². The predicted molar refractivity (Wildman–Crippen MR) is 78.5 cm³/mol. The molecule has 0 bridgehead atoms. The molecule has 20 heavy (non-hydrogen) atoms. The molecule has 1 unspecified atom stereocenters. The first-order valence-electron chi connectivity index (χ1n) is 7.63. The molecule has 1 fully saturated rings. The Hall–Kier alpha value is -1.10. The van der Waals surface area contributed by atoms with Gasteiger partial charge in [0.2, 0.25) is 5.91 Å². The van der Waals surface area contributed by atoms with Crippen LogP contribution in [0.2, 0.25) is 0 Å². The van der Waals surface area contributed by atoms with Crippen LogP contribution in [0.3, 0.4) is 0 Å². The van der Waals surface area contributed by atoms with Crippen molar-refractivity contribution < 1.29 is 14.7 Å². The van der Waals surface area contributed by atoms with Crippen LogP contribution in [0.1, 0.15) is 52.9 Å². The van der Waals surface area contributed by atoms with Crippen LogP contribution >= 0.6 is 0 Å². The maximum atomic E-state index is 12.0. The van der Waals surface area contributed by atoms with Crippen molar-refractivity contribution in [3.05, 3.63) is 0 Å². The molecule has 1 amide bonds. The zero-order chi connectivity index (χ0) is 15.1. The molecule has 1 saturated carbocycles. The number of hydrogen-bond donors (Lipinski definition) is 2. The zero-order valence-electron chi connectivity index (χ0n) is 12.9. The van der Waals surface area contributed by atoms with Gasteiger partial charge in [0.25, 0.3) is 0 Å². The molecule has 0 saturated heterocycles. The average molecular weight is 284 g/mol. The van der Waals surface area contributed by atoms with E-state index in [2.05, 4.69) is 19.2 Å². The summed E-state index contributed by atoms with van der Waals surface area (Å²) >= 11 is 0. The number of carboxylic acid groups (broad SMARTS) is 1. The second-order valence-electron chi connectivity index (χ2n) is 6.29. The summed E-state index contributed by atoms with van der Waals surface area (Å²) in [6.45, 7) is 7.17. The highest BCUT2D eigenvalue weighted by Gasteiger charge is 2.30. The monoisotopic (exact) mass is 284 g/mol. The second-order valence-corrected chi connectivity index (χ2v) is 6.29. The first kappa shape index (κ1) is 17.0. The van der Waals surface area contributed by atoms with Crippen LogP contribution in [-0.4, -0.2) is 47.1 Å². The van der Waals surface area contributed by atoms with E-state index in [0.29, 0.717) is 25.0 Å². The normalized spacial score (nSPS) is 16.4. The summed E-state index contributed by atoms with van der Waals surface area (Å²) in [5, 5.41) is 11.7. The van der Waals surface area contributed by atoms with E-state index in [1.807, 2.05) is 11.8 Å². The highest BCUT2D eigenvalue weighted by Crippen LogP contribution is 2.26. The topological polar surface area (TPSA) is 69.6 Å². The molecular formula is C15H28N2O3. The van der Waals surface area contributed by atoms with Gasteiger partial charge < -0.3 is 10.4 Å². The van der Waals surface area contributed by atoms with Gasteiger partial charge in [0.15, 0.2) is 0 Å². The van der Waals surface area contributed by atoms with Gasteiger partial charge in [-0.15, -0.1) is 0 Å². The van der Waals surface area contributed by atoms with Crippen molar-refractivity contribution in [2.75, 3.05) is 13.1 Å². The third-order valence-electron chi connectivity index (χ3n) is 3.61. The number of carbonyl (C=O) groups excluding carboxylic acids is 1. The number of carboxylic acids is 1. The van der Waals surface area contributed by atoms with Gasteiger partial charge in [0.1, 0.15) is 0 Å². The fourth-order valence-electron chi connectivity index (χ4n) is 2.23. The largest absolute Gasteiger partial charge is 0.481 e. The van der Waals surface area contributed by atoms with Crippen molar-refractivity contribution in [3.8, 4) is 0 Å². The molecule has 0 aromatic rings. The Morgan fingerprint density at radius 2 is 1.90 bits per heavy atom. The molecule has 2 N–H and O–H groups in total. The van der Waals surface area contributed by atoms with Crippen LogP contribution in [0.4, 0.5) is 0 Å². The Balaban J connectivity index is 2.28. The molecule has 1 rings (SSSR count). The van der Waals surface area contributed by atoms with Crippen molar-refractivity contribution in [3.63, 3.8) is 0 Å². The number of carbonyl (C=O) groups is 2. The summed E-state index contributed by atoms with van der Waals surface area (Å²) in [7, 11) is 0. The Bertz CT molecular complexity index is 327. The number of aliphatic carboxylic acids is 1. The smallest absolute Gasteiger partial charge is 0.304 e. The Morgan fingerprint density at radius 3 is 2.40 bits per heavy atom. The van der Waals surface area contributed by atoms with E-state index >= 15 is 0 Å². The van der Waals surface area contributed by atoms with Gasteiger partial charge in [-0.25, -0.2) is 0 Å². The lowest BCUT2D eigenvalue weighted by Crippen LogP contribution is -2.42. The molecular weight excluding hydrogens is 256 g/mol. The third-order valence-corrected chi connectivity index (χ3v) is 3.61. The summed E-state index contributed by atoms with van der Waals surface area (Å²) in [4.78, 5) is 24.6. The molecule has 0 aromatic carbocycles. The highest BCUT2D eigenvalue weighted by atomic mass is 16.4. The lowest BCUT2D eigenvalue weighted by molar-refractivity contribution is -0.137. The number of amides is 1. The Kier molecular flexibility index (Phi) is 6.99. The molecule has 0 heterocycles. The van der Waals surface area contributed by atoms with Crippen LogP contribution in [0.25, 0.3) is 0 Å². The van der Waals surface area contributed by atoms with Crippen molar-refractivity contribution in [2.24, 2.45) is 5.92 Å². The Labute approximate surface area is 121 Å². The van der Waals surface area contributed by atoms with Crippen LogP contribution in [0.15, 0.2) is 0 Å². The van der Waals surface area contributed by atoms with Crippen molar-refractivity contribution in [1.82, 2.24) is 10.2 Å². The molecule has 0 aromatic heterocycles. The maximum Gasteiger partial charge on any atom is 0.304 e. The second kappa shape index (κ2) is 8.25. The molecule has 5 nitrogen and oxygen atoms in total. The Morgan fingerprint density at radius 1 is 1.25 bits per heavy atom. The maximum absolute atomic E-state index is 12.0. The summed E-state index contributed by atoms with van der Waals surface area (Å²) in [6.07, 6.45) is 4.35. The minimum atomic E-state index is -0.804. The summed E-state index contributed by atoms with van der Waals surface area (Å²) in [6, 6.07) is 0.594. The molecule has 1 aliphatic carbocycles. The van der Waals surface area contributed by atoms with E-state index in [-0.39, 0.29) is 18.4 Å². The van der Waals surface area contributed by atoms with Crippen molar-refractivity contribution in [2.45, 2.75) is 65.0 Å². The summed E-state index contributed by atoms with van der Waals surface area (Å²) in [5.41, 5.74) is 0. The number of nitrogens with one attached hydrogen (secondary N) is 1. The quantitative estimate of drug-likeness (QED) is 0.642. The minimum absolute atomic E-state index is 0.0125. The van der Waals surface area contributed by atoms with Crippen LogP contribution in [0, 0.1) is 5.92 Å². The third kappa shape index (κ3) is 7.48. The number of hydrogen-bond acceptors (Lipinski definition) is 3. The molecule has 1 atom stereocenters. The van der Waals surface area contributed by atoms with Crippen molar-refractivity contribution in [1.29, 1.82) is 0 Å². The van der Waals surface area contributed by atoms with E-state index in [0.717, 1.165) is 25.7 Å². The number of rotatable bonds is 10. The fraction of sp³-hybridized carbons (Fsp3) is 0.867. The lowest BCUT2D eigenvalue weighted by atomic mass is 10.0. The molecule has 0 aliphatic heterocycles. The van der Waals surface area contributed by atoms with E-state index in [4.69, 9.17) is 5.11 Å². The van der Waals surface area contributed by atoms with Gasteiger partial charge in [-0.2, -0.15) is 0 Å². The SMILES string of the molecule is CC(C)CCC(C)NC(=O)CN(CCC(=O)O)C1CC1. The summed E-state index contributed by atoms with van der Waals surface area (Å²) in [5.74, 6) is -0.146. The highest BCUT2D eigenvalue weighted by molar-refractivity contribution is 5.78. The predicted octanol–water partition coefficient (Wildman–Crippen LogP) is 1.87. The summed E-state index contributed by atoms with van der Waals surface area (Å²) < 4.78 is 0. The molecule has 0 radical (unpaired) electrons. The van der Waals surface area contributed by atoms with Gasteiger partial charge in [-0.3, -0.25) is 14.5 Å². The van der Waals surface area contributed by atoms with Crippen molar-refractivity contribution >= 4 is 11.9 Å². The average Bonchev–Trinajstić information content (AvgIpc) is 3.15. The van der Waals surface area contributed by atoms with Gasteiger partial charge in [-0.05, 0) is 38.5 Å². The first-order chi connectivity index (χ1) is 9.38. The molecule has 1 aliphatic rings. The van der Waals surface area contributed by atoms with Crippen LogP contribution < -0.4 is 5.32 Å². The van der Waals surface area contributed by atoms with E-state index < -0.39 is 5.97 Å². The van der Waals surface area contributed by atoms with Crippen LogP contribution in [-0.2, 0) is 9.59 Å². The number of nitrogens with zero attached hydrogens (tertiary/aromatic N) is 1. The zero-order valence-corrected chi connectivity index (χ0v) is 12.9. The standard InChI is InChI=1S/C15H28N2O3/c1-11(2)4-5-12(3)16-14(18)10-17(13-6-7-13)9-8-15(19)20/h11-13H,4-10H2,1-3H3,(H,16,18)(H,19,20). The lowest BCUT2D eigenvalue weighted by Gasteiger charge is -2.22. The fourth-order valence-corrected chi connectivity index (χ4v) is 2.23. The van der Waals surface area contributed by atoms with Gasteiger partial charge >= 0.3 is 5.97 Å².